The zero-order valence-corrected chi connectivity index (χ0v) is 15.5. The molecular weight excluding hydrogens is 401 g/mol. The summed E-state index contributed by atoms with van der Waals surface area (Å²) < 4.78 is 1.96. The van der Waals surface area contributed by atoms with Crippen molar-refractivity contribution >= 4 is 57.2 Å². The SMILES string of the molecule is O=c1/c(=C/c2ccc(Cl)cc2Cl)sc2nnc(-c3ccccc3Cl)n12. The molecule has 4 nitrogen and oxygen atoms in total. The summed E-state index contributed by atoms with van der Waals surface area (Å²) in [7, 11) is 0. The first-order chi connectivity index (χ1) is 12.0. The van der Waals surface area contributed by atoms with Gasteiger partial charge in [0.05, 0.1) is 9.55 Å². The van der Waals surface area contributed by atoms with E-state index in [1.54, 1.807) is 36.4 Å². The molecule has 2 aromatic carbocycles. The Morgan fingerprint density at radius 1 is 1.00 bits per heavy atom. The summed E-state index contributed by atoms with van der Waals surface area (Å²) in [5, 5.41) is 9.72. The first-order valence-corrected chi connectivity index (χ1v) is 9.09. The van der Waals surface area contributed by atoms with Crippen molar-refractivity contribution in [1.82, 2.24) is 14.6 Å². The molecule has 4 aromatic rings. The number of nitrogens with zero attached hydrogens (tertiary/aromatic N) is 3. The third kappa shape index (κ3) is 2.93. The van der Waals surface area contributed by atoms with Gasteiger partial charge in [0.2, 0.25) is 4.96 Å². The maximum Gasteiger partial charge on any atom is 0.276 e. The van der Waals surface area contributed by atoms with Gasteiger partial charge in [0.1, 0.15) is 0 Å². The molecule has 0 aliphatic carbocycles. The highest BCUT2D eigenvalue weighted by atomic mass is 35.5. The van der Waals surface area contributed by atoms with Crippen molar-refractivity contribution in [2.45, 2.75) is 0 Å². The number of hydrogen-bond donors (Lipinski definition) is 0. The van der Waals surface area contributed by atoms with Gasteiger partial charge >= 0.3 is 0 Å². The number of rotatable bonds is 2. The summed E-state index contributed by atoms with van der Waals surface area (Å²) in [5.41, 5.74) is 1.15. The van der Waals surface area contributed by atoms with Gasteiger partial charge in [-0.2, -0.15) is 0 Å². The van der Waals surface area contributed by atoms with Crippen LogP contribution in [0.2, 0.25) is 15.1 Å². The van der Waals surface area contributed by atoms with E-state index < -0.39 is 0 Å². The molecule has 0 atom stereocenters. The van der Waals surface area contributed by atoms with Crippen LogP contribution in [0.3, 0.4) is 0 Å². The maximum atomic E-state index is 12.8. The summed E-state index contributed by atoms with van der Waals surface area (Å²) in [4.78, 5) is 13.3. The molecule has 25 heavy (non-hydrogen) atoms. The van der Waals surface area contributed by atoms with Crippen molar-refractivity contribution in [3.8, 4) is 11.4 Å². The van der Waals surface area contributed by atoms with E-state index in [0.717, 1.165) is 0 Å². The summed E-state index contributed by atoms with van der Waals surface area (Å²) in [6, 6.07) is 12.3. The summed E-state index contributed by atoms with van der Waals surface area (Å²) in [6.45, 7) is 0. The van der Waals surface area contributed by atoms with Gasteiger partial charge in [0, 0.05) is 15.6 Å². The minimum absolute atomic E-state index is 0.217. The molecule has 0 fully saturated rings. The third-order valence-electron chi connectivity index (χ3n) is 3.61. The van der Waals surface area contributed by atoms with Crippen LogP contribution in [0.15, 0.2) is 47.3 Å². The lowest BCUT2D eigenvalue weighted by molar-refractivity contribution is 1.09. The first kappa shape index (κ1) is 16.5. The van der Waals surface area contributed by atoms with E-state index in [2.05, 4.69) is 10.2 Å². The summed E-state index contributed by atoms with van der Waals surface area (Å²) in [5.74, 6) is 0.420. The summed E-state index contributed by atoms with van der Waals surface area (Å²) in [6.07, 6.45) is 1.72. The zero-order chi connectivity index (χ0) is 17.6. The Bertz CT molecular complexity index is 1220. The molecule has 2 aromatic heterocycles. The van der Waals surface area contributed by atoms with Crippen molar-refractivity contribution in [3.05, 3.63) is 78.0 Å². The Labute approximate surface area is 160 Å². The minimum Gasteiger partial charge on any atom is -0.267 e. The van der Waals surface area contributed by atoms with Gasteiger partial charge in [-0.25, -0.2) is 4.40 Å². The average molecular weight is 409 g/mol. The van der Waals surface area contributed by atoms with Crippen LogP contribution in [0.5, 0.6) is 0 Å². The van der Waals surface area contributed by atoms with Crippen LogP contribution in [0.25, 0.3) is 22.4 Å². The number of thiazole rings is 1. The predicted molar refractivity (Wildman–Crippen MR) is 103 cm³/mol. The molecular formula is C17H8Cl3N3OS. The lowest BCUT2D eigenvalue weighted by atomic mass is 10.2. The molecule has 124 valence electrons. The Kier molecular flexibility index (Phi) is 4.25. The molecule has 0 N–H and O–H groups in total. The van der Waals surface area contributed by atoms with Crippen LogP contribution in [0, 0.1) is 0 Å². The van der Waals surface area contributed by atoms with Gasteiger partial charge in [-0.3, -0.25) is 4.79 Å². The van der Waals surface area contributed by atoms with Gasteiger partial charge in [-0.05, 0) is 35.9 Å². The largest absolute Gasteiger partial charge is 0.276 e. The smallest absolute Gasteiger partial charge is 0.267 e. The maximum absolute atomic E-state index is 12.8. The zero-order valence-electron chi connectivity index (χ0n) is 12.4. The Balaban J connectivity index is 1.94. The van der Waals surface area contributed by atoms with Crippen LogP contribution < -0.4 is 10.1 Å². The standard InChI is InChI=1S/C17H8Cl3N3OS/c18-10-6-5-9(13(20)8-10)7-14-16(24)23-15(21-22-17(23)25-14)11-3-1-2-4-12(11)19/h1-8H/b14-7-. The highest BCUT2D eigenvalue weighted by Crippen LogP contribution is 2.26. The van der Waals surface area contributed by atoms with Crippen molar-refractivity contribution in [2.75, 3.05) is 0 Å². The lowest BCUT2D eigenvalue weighted by Crippen LogP contribution is -2.23. The van der Waals surface area contributed by atoms with Crippen LogP contribution >= 0.6 is 46.1 Å². The number of benzene rings is 2. The molecule has 2 heterocycles. The van der Waals surface area contributed by atoms with Crippen LogP contribution in [-0.2, 0) is 0 Å². The van der Waals surface area contributed by atoms with Gasteiger partial charge in [-0.1, -0.05) is 64.3 Å². The van der Waals surface area contributed by atoms with Gasteiger partial charge < -0.3 is 0 Å². The van der Waals surface area contributed by atoms with E-state index in [9.17, 15) is 4.79 Å². The van der Waals surface area contributed by atoms with E-state index in [4.69, 9.17) is 34.8 Å². The molecule has 4 rings (SSSR count). The molecule has 0 saturated heterocycles. The van der Waals surface area contributed by atoms with Crippen molar-refractivity contribution in [1.29, 1.82) is 0 Å². The number of fused-ring (bicyclic) bond motifs is 1. The highest BCUT2D eigenvalue weighted by Gasteiger charge is 2.16. The van der Waals surface area contributed by atoms with E-state index in [1.807, 2.05) is 12.1 Å². The molecule has 0 spiro atoms. The van der Waals surface area contributed by atoms with Gasteiger partial charge in [-0.15, -0.1) is 10.2 Å². The van der Waals surface area contributed by atoms with Crippen molar-refractivity contribution < 1.29 is 0 Å². The molecule has 8 heteroatoms. The topological polar surface area (TPSA) is 47.3 Å². The van der Waals surface area contributed by atoms with Crippen LogP contribution in [0.1, 0.15) is 5.56 Å². The van der Waals surface area contributed by atoms with E-state index in [1.165, 1.54) is 15.7 Å². The van der Waals surface area contributed by atoms with E-state index in [0.29, 0.717) is 41.5 Å². The summed E-state index contributed by atoms with van der Waals surface area (Å²) >= 11 is 19.6. The molecule has 0 aliphatic heterocycles. The fourth-order valence-corrected chi connectivity index (χ4v) is 4.03. The quantitative estimate of drug-likeness (QED) is 0.496. The highest BCUT2D eigenvalue weighted by molar-refractivity contribution is 7.15. The fraction of sp³-hybridized carbons (Fsp3) is 0. The number of halogens is 3. The second-order valence-corrected chi connectivity index (χ2v) is 7.46. The molecule has 0 aliphatic rings. The molecule has 0 saturated carbocycles. The first-order valence-electron chi connectivity index (χ1n) is 7.14. The number of aromatic nitrogens is 3. The Hall–Kier alpha value is -1.92. The van der Waals surface area contributed by atoms with Crippen LogP contribution in [0.4, 0.5) is 0 Å². The molecule has 0 amide bonds. The Morgan fingerprint density at radius 2 is 1.80 bits per heavy atom. The molecule has 0 radical (unpaired) electrons. The van der Waals surface area contributed by atoms with Crippen LogP contribution in [-0.4, -0.2) is 14.6 Å². The van der Waals surface area contributed by atoms with Gasteiger partial charge in [0.25, 0.3) is 5.56 Å². The fourth-order valence-electron chi connectivity index (χ4n) is 2.44. The second kappa shape index (κ2) is 6.42. The third-order valence-corrected chi connectivity index (χ3v) is 5.46. The average Bonchev–Trinajstić information content (AvgIpc) is 3.12. The monoisotopic (exact) mass is 407 g/mol. The Morgan fingerprint density at radius 3 is 2.56 bits per heavy atom. The second-order valence-electron chi connectivity index (χ2n) is 5.20. The van der Waals surface area contributed by atoms with E-state index >= 15 is 0 Å². The predicted octanol–water partition coefficient (Wildman–Crippen LogP) is 4.33. The van der Waals surface area contributed by atoms with Crippen molar-refractivity contribution in [3.63, 3.8) is 0 Å². The number of hydrogen-bond acceptors (Lipinski definition) is 4. The molecule has 0 unspecified atom stereocenters. The van der Waals surface area contributed by atoms with E-state index in [-0.39, 0.29) is 5.56 Å². The lowest BCUT2D eigenvalue weighted by Gasteiger charge is -1.99. The van der Waals surface area contributed by atoms with Crippen molar-refractivity contribution in [2.24, 2.45) is 0 Å². The molecule has 0 bridgehead atoms. The van der Waals surface area contributed by atoms with Gasteiger partial charge in [0.15, 0.2) is 5.82 Å². The minimum atomic E-state index is -0.217. The normalized spacial score (nSPS) is 12.2.